The summed E-state index contributed by atoms with van der Waals surface area (Å²) in [5.74, 6) is 0.849. The van der Waals surface area contributed by atoms with Gasteiger partial charge in [0.05, 0.1) is 6.04 Å². The minimum absolute atomic E-state index is 0.112. The summed E-state index contributed by atoms with van der Waals surface area (Å²) in [5.41, 5.74) is 1.17. The zero-order valence-corrected chi connectivity index (χ0v) is 11.6. The van der Waals surface area contributed by atoms with Crippen molar-refractivity contribution in [3.8, 4) is 0 Å². The normalized spacial score (nSPS) is 12.6. The van der Waals surface area contributed by atoms with E-state index in [0.29, 0.717) is 5.22 Å². The lowest BCUT2D eigenvalue weighted by Crippen LogP contribution is -2.22. The van der Waals surface area contributed by atoms with E-state index in [1.54, 1.807) is 6.07 Å². The standard InChI is InChI=1S/C14H15Cl2NO/c1-2-17-12(13-6-7-14(16)18-13)9-10-4-3-5-11(15)8-10/h3-8,12,17H,2,9H2,1H3. The summed E-state index contributed by atoms with van der Waals surface area (Å²) >= 11 is 11.8. The number of benzene rings is 1. The molecule has 0 aliphatic carbocycles. The number of hydrogen-bond acceptors (Lipinski definition) is 2. The van der Waals surface area contributed by atoms with Crippen molar-refractivity contribution in [1.29, 1.82) is 0 Å². The Morgan fingerprint density at radius 2 is 2.06 bits per heavy atom. The Hall–Kier alpha value is -0.960. The third-order valence-corrected chi connectivity index (χ3v) is 3.16. The van der Waals surface area contributed by atoms with E-state index in [4.69, 9.17) is 27.6 Å². The van der Waals surface area contributed by atoms with Gasteiger partial charge in [0.1, 0.15) is 5.76 Å². The fourth-order valence-electron chi connectivity index (χ4n) is 1.93. The molecule has 0 saturated heterocycles. The smallest absolute Gasteiger partial charge is 0.193 e. The Kier molecular flexibility index (Phi) is 4.70. The van der Waals surface area contributed by atoms with Gasteiger partial charge in [-0.25, -0.2) is 0 Å². The molecule has 0 saturated carbocycles. The van der Waals surface area contributed by atoms with Gasteiger partial charge >= 0.3 is 0 Å². The second-order valence-electron chi connectivity index (χ2n) is 4.09. The number of likely N-dealkylation sites (N-methyl/N-ethyl adjacent to an activating group) is 1. The van der Waals surface area contributed by atoms with Crippen LogP contribution in [0.15, 0.2) is 40.8 Å². The molecule has 4 heteroatoms. The fourth-order valence-corrected chi connectivity index (χ4v) is 2.30. The molecule has 2 aromatic rings. The van der Waals surface area contributed by atoms with Crippen LogP contribution < -0.4 is 5.32 Å². The van der Waals surface area contributed by atoms with Gasteiger partial charge in [0.25, 0.3) is 0 Å². The van der Waals surface area contributed by atoms with Crippen molar-refractivity contribution in [2.75, 3.05) is 6.54 Å². The molecule has 1 heterocycles. The van der Waals surface area contributed by atoms with E-state index in [1.807, 2.05) is 24.3 Å². The van der Waals surface area contributed by atoms with Gasteiger partial charge in [-0.3, -0.25) is 0 Å². The molecule has 0 bridgehead atoms. The Morgan fingerprint density at radius 3 is 2.67 bits per heavy atom. The van der Waals surface area contributed by atoms with E-state index in [2.05, 4.69) is 18.3 Å². The average Bonchev–Trinajstić information content (AvgIpc) is 2.75. The van der Waals surface area contributed by atoms with Crippen molar-refractivity contribution >= 4 is 23.2 Å². The minimum atomic E-state index is 0.112. The van der Waals surface area contributed by atoms with Crippen LogP contribution in [0.4, 0.5) is 0 Å². The molecule has 0 amide bonds. The first-order chi connectivity index (χ1) is 8.69. The lowest BCUT2D eigenvalue weighted by atomic mass is 10.0. The SMILES string of the molecule is CCNC(Cc1cccc(Cl)c1)c1ccc(Cl)o1. The predicted molar refractivity (Wildman–Crippen MR) is 75.3 cm³/mol. The number of hydrogen-bond donors (Lipinski definition) is 1. The van der Waals surface area contributed by atoms with Crippen LogP contribution in [0.3, 0.4) is 0 Å². The summed E-state index contributed by atoms with van der Waals surface area (Å²) in [7, 11) is 0. The van der Waals surface area contributed by atoms with E-state index < -0.39 is 0 Å². The molecule has 96 valence electrons. The second-order valence-corrected chi connectivity index (χ2v) is 4.90. The van der Waals surface area contributed by atoms with Crippen LogP contribution in [0.2, 0.25) is 10.2 Å². The summed E-state index contributed by atoms with van der Waals surface area (Å²) in [6, 6.07) is 11.6. The molecule has 0 aliphatic heterocycles. The summed E-state index contributed by atoms with van der Waals surface area (Å²) in [4.78, 5) is 0. The molecule has 0 fully saturated rings. The first kappa shape index (κ1) is 13.5. The van der Waals surface area contributed by atoms with E-state index >= 15 is 0 Å². The van der Waals surface area contributed by atoms with Crippen LogP contribution in [0.25, 0.3) is 0 Å². The number of halogens is 2. The quantitative estimate of drug-likeness (QED) is 0.875. The zero-order valence-electron chi connectivity index (χ0n) is 10.1. The maximum Gasteiger partial charge on any atom is 0.193 e. The van der Waals surface area contributed by atoms with Gasteiger partial charge in [0.15, 0.2) is 5.22 Å². The molecule has 0 aliphatic rings. The van der Waals surface area contributed by atoms with Gasteiger partial charge in [-0.2, -0.15) is 0 Å². The predicted octanol–water partition coefficient (Wildman–Crippen LogP) is 4.48. The molecule has 0 spiro atoms. The highest BCUT2D eigenvalue weighted by molar-refractivity contribution is 6.30. The molecule has 2 rings (SSSR count). The van der Waals surface area contributed by atoms with E-state index in [9.17, 15) is 0 Å². The number of furan rings is 1. The number of rotatable bonds is 5. The van der Waals surface area contributed by atoms with Crippen molar-refractivity contribution in [1.82, 2.24) is 5.32 Å². The van der Waals surface area contributed by atoms with Crippen molar-refractivity contribution in [2.24, 2.45) is 0 Å². The van der Waals surface area contributed by atoms with Crippen molar-refractivity contribution in [3.05, 3.63) is 58.0 Å². The lowest BCUT2D eigenvalue weighted by molar-refractivity contribution is 0.417. The fraction of sp³-hybridized carbons (Fsp3) is 0.286. The van der Waals surface area contributed by atoms with Crippen LogP contribution in [0.1, 0.15) is 24.3 Å². The maximum absolute atomic E-state index is 5.99. The molecule has 1 aromatic carbocycles. The molecule has 1 atom stereocenters. The van der Waals surface area contributed by atoms with E-state index in [-0.39, 0.29) is 6.04 Å². The summed E-state index contributed by atoms with van der Waals surface area (Å²) < 4.78 is 5.47. The highest BCUT2D eigenvalue weighted by Crippen LogP contribution is 2.24. The lowest BCUT2D eigenvalue weighted by Gasteiger charge is -2.15. The first-order valence-corrected chi connectivity index (χ1v) is 6.67. The van der Waals surface area contributed by atoms with Gasteiger partial charge in [-0.05, 0) is 54.4 Å². The highest BCUT2D eigenvalue weighted by atomic mass is 35.5. The molecular weight excluding hydrogens is 269 g/mol. The van der Waals surface area contributed by atoms with Crippen LogP contribution >= 0.6 is 23.2 Å². The average molecular weight is 284 g/mol. The molecule has 2 nitrogen and oxygen atoms in total. The van der Waals surface area contributed by atoms with Gasteiger partial charge in [-0.15, -0.1) is 0 Å². The van der Waals surface area contributed by atoms with Crippen molar-refractivity contribution in [3.63, 3.8) is 0 Å². The first-order valence-electron chi connectivity index (χ1n) is 5.92. The van der Waals surface area contributed by atoms with Crippen LogP contribution in [-0.4, -0.2) is 6.54 Å². The molecular formula is C14H15Cl2NO. The van der Waals surface area contributed by atoms with E-state index in [1.165, 1.54) is 5.56 Å². The topological polar surface area (TPSA) is 25.2 Å². The monoisotopic (exact) mass is 283 g/mol. The zero-order chi connectivity index (χ0) is 13.0. The Bertz CT molecular complexity index is 510. The minimum Gasteiger partial charge on any atom is -0.448 e. The summed E-state index contributed by atoms with van der Waals surface area (Å²) in [6.45, 7) is 2.93. The third kappa shape index (κ3) is 3.52. The largest absolute Gasteiger partial charge is 0.448 e. The van der Waals surface area contributed by atoms with Gasteiger partial charge < -0.3 is 9.73 Å². The Labute approximate surface area is 117 Å². The molecule has 1 unspecified atom stereocenters. The van der Waals surface area contributed by atoms with Crippen LogP contribution in [0, 0.1) is 0 Å². The summed E-state index contributed by atoms with van der Waals surface area (Å²) in [5, 5.41) is 4.55. The van der Waals surface area contributed by atoms with Crippen LogP contribution in [0.5, 0.6) is 0 Å². The van der Waals surface area contributed by atoms with Crippen LogP contribution in [-0.2, 0) is 6.42 Å². The van der Waals surface area contributed by atoms with Gasteiger partial charge in [0.2, 0.25) is 0 Å². The molecule has 18 heavy (non-hydrogen) atoms. The van der Waals surface area contributed by atoms with Gasteiger partial charge in [0, 0.05) is 5.02 Å². The highest BCUT2D eigenvalue weighted by Gasteiger charge is 2.15. The van der Waals surface area contributed by atoms with Crippen molar-refractivity contribution in [2.45, 2.75) is 19.4 Å². The Morgan fingerprint density at radius 1 is 1.22 bits per heavy atom. The molecule has 1 aromatic heterocycles. The maximum atomic E-state index is 5.99. The number of nitrogens with one attached hydrogen (secondary N) is 1. The third-order valence-electron chi connectivity index (χ3n) is 2.72. The molecule has 1 N–H and O–H groups in total. The van der Waals surface area contributed by atoms with E-state index in [0.717, 1.165) is 23.7 Å². The van der Waals surface area contributed by atoms with Gasteiger partial charge in [-0.1, -0.05) is 30.7 Å². The second kappa shape index (κ2) is 6.28. The molecule has 0 radical (unpaired) electrons. The van der Waals surface area contributed by atoms with Crippen molar-refractivity contribution < 1.29 is 4.42 Å². The summed E-state index contributed by atoms with van der Waals surface area (Å²) in [6.07, 6.45) is 0.818. The Balaban J connectivity index is 2.16.